The van der Waals surface area contributed by atoms with E-state index in [1.807, 2.05) is 43.3 Å². The number of hydrogen-bond donors (Lipinski definition) is 0. The number of rotatable bonds is 4. The molecule has 4 rings (SSSR count). The number of Topliss-reactive ketones (excluding diaryl/α,β-unsaturated/α-hetero) is 2. The minimum absolute atomic E-state index is 0.0440. The first kappa shape index (κ1) is 21.6. The molecule has 5 heteroatoms. The number of carbonyl (C=O) groups is 3. The predicted octanol–water partition coefficient (Wildman–Crippen LogP) is 4.84. The summed E-state index contributed by atoms with van der Waals surface area (Å²) in [5.41, 5.74) is 3.24. The van der Waals surface area contributed by atoms with Crippen LogP contribution < -0.4 is 4.90 Å². The molecule has 0 spiro atoms. The molecule has 0 saturated carbocycles. The van der Waals surface area contributed by atoms with Gasteiger partial charge in [0.15, 0.2) is 5.78 Å². The lowest BCUT2D eigenvalue weighted by Crippen LogP contribution is -2.31. The highest BCUT2D eigenvalue weighted by atomic mass is 16.2. The average molecular weight is 427 g/mol. The van der Waals surface area contributed by atoms with E-state index < -0.39 is 23.7 Å². The maximum atomic E-state index is 13.5. The second-order valence-corrected chi connectivity index (χ2v) is 9.25. The van der Waals surface area contributed by atoms with Crippen LogP contribution in [0.15, 0.2) is 72.9 Å². The van der Waals surface area contributed by atoms with Crippen LogP contribution in [0.1, 0.15) is 53.9 Å². The van der Waals surface area contributed by atoms with Crippen molar-refractivity contribution >= 4 is 23.3 Å². The lowest BCUT2D eigenvalue weighted by atomic mass is 9.83. The Bertz CT molecular complexity index is 1160. The minimum atomic E-state index is -1.13. The van der Waals surface area contributed by atoms with Gasteiger partial charge < -0.3 is 0 Å². The van der Waals surface area contributed by atoms with Gasteiger partial charge in [0.25, 0.3) is 5.91 Å². The molecule has 1 aromatic heterocycles. The first-order valence-electron chi connectivity index (χ1n) is 10.7. The summed E-state index contributed by atoms with van der Waals surface area (Å²) in [6.07, 6.45) is 1.57. The van der Waals surface area contributed by atoms with E-state index >= 15 is 0 Å². The standard InChI is InChI=1S/C27H26N2O3/c1-17-8-10-19(11-9-17)24(30)22-23(18-12-14-20(15-13-18)27(2,3)4)29(26(32)25(22)31)21-7-5-6-16-28-21/h5-16,22-23H,1-4H3. The largest absolute Gasteiger partial charge is 0.297 e. The van der Waals surface area contributed by atoms with Gasteiger partial charge in [0.05, 0.1) is 6.04 Å². The maximum Gasteiger partial charge on any atom is 0.297 e. The van der Waals surface area contributed by atoms with Crippen molar-refractivity contribution in [3.63, 3.8) is 0 Å². The van der Waals surface area contributed by atoms with Gasteiger partial charge in [-0.15, -0.1) is 0 Å². The first-order chi connectivity index (χ1) is 15.2. The first-order valence-corrected chi connectivity index (χ1v) is 10.7. The summed E-state index contributed by atoms with van der Waals surface area (Å²) in [7, 11) is 0. The van der Waals surface area contributed by atoms with E-state index in [2.05, 4.69) is 25.8 Å². The van der Waals surface area contributed by atoms with Gasteiger partial charge in [-0.25, -0.2) is 4.98 Å². The van der Waals surface area contributed by atoms with Gasteiger partial charge in [0.2, 0.25) is 5.78 Å². The van der Waals surface area contributed by atoms with Gasteiger partial charge >= 0.3 is 0 Å². The fraction of sp³-hybridized carbons (Fsp3) is 0.259. The zero-order valence-corrected chi connectivity index (χ0v) is 18.7. The van der Waals surface area contributed by atoms with Crippen LogP contribution in [-0.2, 0) is 15.0 Å². The van der Waals surface area contributed by atoms with Crippen molar-refractivity contribution in [1.82, 2.24) is 4.98 Å². The number of pyridine rings is 1. The Morgan fingerprint density at radius 2 is 1.56 bits per heavy atom. The Morgan fingerprint density at radius 3 is 2.12 bits per heavy atom. The second-order valence-electron chi connectivity index (χ2n) is 9.25. The van der Waals surface area contributed by atoms with Gasteiger partial charge in [-0.3, -0.25) is 19.3 Å². The summed E-state index contributed by atoms with van der Waals surface area (Å²) in [5, 5.41) is 0. The zero-order chi connectivity index (χ0) is 23.0. The van der Waals surface area contributed by atoms with Gasteiger partial charge in [0.1, 0.15) is 11.7 Å². The highest BCUT2D eigenvalue weighted by Gasteiger charge is 2.52. The van der Waals surface area contributed by atoms with E-state index in [-0.39, 0.29) is 11.2 Å². The number of amides is 1. The van der Waals surface area contributed by atoms with Crippen molar-refractivity contribution in [3.8, 4) is 0 Å². The van der Waals surface area contributed by atoms with Crippen molar-refractivity contribution < 1.29 is 14.4 Å². The third-order valence-corrected chi connectivity index (χ3v) is 5.94. The van der Waals surface area contributed by atoms with Crippen molar-refractivity contribution in [2.75, 3.05) is 4.90 Å². The second kappa shape index (κ2) is 8.15. The Hall–Kier alpha value is -3.60. The third kappa shape index (κ3) is 3.86. The van der Waals surface area contributed by atoms with Crippen LogP contribution in [0.4, 0.5) is 5.82 Å². The molecule has 0 aliphatic carbocycles. The molecule has 5 nitrogen and oxygen atoms in total. The van der Waals surface area contributed by atoms with Gasteiger partial charge in [-0.1, -0.05) is 80.9 Å². The normalized spacial score (nSPS) is 18.8. The number of anilines is 1. The molecule has 3 aromatic rings. The van der Waals surface area contributed by atoms with Crippen LogP contribution in [0, 0.1) is 12.8 Å². The molecule has 1 aliphatic heterocycles. The maximum absolute atomic E-state index is 13.5. The molecule has 2 heterocycles. The Labute approximate surface area is 188 Å². The van der Waals surface area contributed by atoms with Crippen LogP contribution in [-0.4, -0.2) is 22.5 Å². The highest BCUT2D eigenvalue weighted by molar-refractivity contribution is 6.48. The van der Waals surface area contributed by atoms with Crippen molar-refractivity contribution in [2.24, 2.45) is 5.92 Å². The van der Waals surface area contributed by atoms with E-state index in [0.29, 0.717) is 11.4 Å². The third-order valence-electron chi connectivity index (χ3n) is 5.94. The molecule has 32 heavy (non-hydrogen) atoms. The quantitative estimate of drug-likeness (QED) is 0.340. The number of benzene rings is 2. The van der Waals surface area contributed by atoms with Crippen LogP contribution in [0.5, 0.6) is 0 Å². The number of aromatic nitrogens is 1. The fourth-order valence-corrected chi connectivity index (χ4v) is 4.09. The lowest BCUT2D eigenvalue weighted by molar-refractivity contribution is -0.135. The summed E-state index contributed by atoms with van der Waals surface area (Å²) in [4.78, 5) is 45.4. The SMILES string of the molecule is Cc1ccc(C(=O)C2C(=O)C(=O)N(c3ccccn3)C2c2ccc(C(C)(C)C)cc2)cc1. The molecule has 2 atom stereocenters. The topological polar surface area (TPSA) is 67.3 Å². The van der Waals surface area contributed by atoms with Gasteiger partial charge in [0, 0.05) is 11.8 Å². The molecule has 1 saturated heterocycles. The summed E-state index contributed by atoms with van der Waals surface area (Å²) in [6.45, 7) is 8.29. The molecular formula is C27H26N2O3. The molecule has 1 aliphatic rings. The summed E-state index contributed by atoms with van der Waals surface area (Å²) in [6, 6.07) is 19.3. The average Bonchev–Trinajstić information content (AvgIpc) is 3.04. The molecular weight excluding hydrogens is 400 g/mol. The zero-order valence-electron chi connectivity index (χ0n) is 18.7. The summed E-state index contributed by atoms with van der Waals surface area (Å²) < 4.78 is 0. The molecule has 0 N–H and O–H groups in total. The number of nitrogens with zero attached hydrogens (tertiary/aromatic N) is 2. The number of aryl methyl sites for hydroxylation is 1. The number of carbonyl (C=O) groups excluding carboxylic acids is 3. The van der Waals surface area contributed by atoms with Crippen molar-refractivity contribution in [1.29, 1.82) is 0 Å². The molecule has 2 unspecified atom stereocenters. The van der Waals surface area contributed by atoms with E-state index in [4.69, 9.17) is 0 Å². The van der Waals surface area contributed by atoms with E-state index in [1.165, 1.54) is 4.90 Å². The summed E-state index contributed by atoms with van der Waals surface area (Å²) in [5.74, 6) is -2.54. The Kier molecular flexibility index (Phi) is 5.51. The van der Waals surface area contributed by atoms with E-state index in [1.54, 1.807) is 36.5 Å². The number of hydrogen-bond acceptors (Lipinski definition) is 4. The van der Waals surface area contributed by atoms with Gasteiger partial charge in [-0.05, 0) is 35.6 Å². The number of ketones is 2. The van der Waals surface area contributed by atoms with Crippen LogP contribution in [0.25, 0.3) is 0 Å². The molecule has 0 bridgehead atoms. The van der Waals surface area contributed by atoms with Crippen LogP contribution >= 0.6 is 0 Å². The monoisotopic (exact) mass is 426 g/mol. The predicted molar refractivity (Wildman–Crippen MR) is 124 cm³/mol. The van der Waals surface area contributed by atoms with E-state index in [9.17, 15) is 14.4 Å². The Morgan fingerprint density at radius 1 is 0.906 bits per heavy atom. The molecule has 1 amide bonds. The molecule has 162 valence electrons. The van der Waals surface area contributed by atoms with Crippen LogP contribution in [0.2, 0.25) is 0 Å². The Balaban J connectivity index is 1.83. The van der Waals surface area contributed by atoms with Crippen LogP contribution in [0.3, 0.4) is 0 Å². The molecule has 2 aromatic carbocycles. The smallest absolute Gasteiger partial charge is 0.293 e. The van der Waals surface area contributed by atoms with Gasteiger partial charge in [-0.2, -0.15) is 0 Å². The minimum Gasteiger partial charge on any atom is -0.293 e. The highest BCUT2D eigenvalue weighted by Crippen LogP contribution is 2.41. The lowest BCUT2D eigenvalue weighted by Gasteiger charge is -2.27. The van der Waals surface area contributed by atoms with Crippen molar-refractivity contribution in [2.45, 2.75) is 39.2 Å². The summed E-state index contributed by atoms with van der Waals surface area (Å²) >= 11 is 0. The molecule has 0 radical (unpaired) electrons. The molecule has 1 fully saturated rings. The van der Waals surface area contributed by atoms with Crippen molar-refractivity contribution in [3.05, 3.63) is 95.2 Å². The fourth-order valence-electron chi connectivity index (χ4n) is 4.09. The van der Waals surface area contributed by atoms with E-state index in [0.717, 1.165) is 16.7 Å².